The first-order chi connectivity index (χ1) is 13.7. The van der Waals surface area contributed by atoms with Crippen LogP contribution in [0.5, 0.6) is 0 Å². The number of benzene rings is 3. The van der Waals surface area contributed by atoms with Crippen molar-refractivity contribution in [1.82, 2.24) is 0 Å². The highest BCUT2D eigenvalue weighted by atomic mass is 35.5. The molecule has 0 unspecified atom stereocenters. The molecule has 0 bridgehead atoms. The maximum Gasteiger partial charge on any atom is 0.259 e. The van der Waals surface area contributed by atoms with Gasteiger partial charge in [-0.05, 0) is 47.5 Å². The zero-order valence-corrected chi connectivity index (χ0v) is 16.7. The van der Waals surface area contributed by atoms with E-state index < -0.39 is 0 Å². The van der Waals surface area contributed by atoms with Gasteiger partial charge in [0.15, 0.2) is 0 Å². The Bertz CT molecular complexity index is 1060. The summed E-state index contributed by atoms with van der Waals surface area (Å²) in [7, 11) is 0. The summed E-state index contributed by atoms with van der Waals surface area (Å²) in [4.78, 5) is 16.2. The summed E-state index contributed by atoms with van der Waals surface area (Å²) in [6, 6.07) is 31.3. The van der Waals surface area contributed by atoms with Gasteiger partial charge in [-0.2, -0.15) is 0 Å². The van der Waals surface area contributed by atoms with Gasteiger partial charge in [0.25, 0.3) is 5.91 Å². The van der Waals surface area contributed by atoms with Gasteiger partial charge in [0.1, 0.15) is 0 Å². The van der Waals surface area contributed by atoms with Gasteiger partial charge in [-0.3, -0.25) is 9.69 Å². The Morgan fingerprint density at radius 2 is 1.43 bits per heavy atom. The molecular weight excluding hydrogens is 386 g/mol. The number of amides is 1. The molecule has 138 valence electrons. The average Bonchev–Trinajstić information content (AvgIpc) is 3.24. The second-order valence-corrected chi connectivity index (χ2v) is 7.89. The number of halogens is 1. The predicted octanol–water partition coefficient (Wildman–Crippen LogP) is 6.92. The molecule has 1 aromatic heterocycles. The molecule has 2 nitrogen and oxygen atoms in total. The molecule has 0 saturated heterocycles. The molecule has 1 heterocycles. The zero-order valence-electron chi connectivity index (χ0n) is 15.1. The van der Waals surface area contributed by atoms with Crippen LogP contribution in [-0.2, 0) is 6.54 Å². The van der Waals surface area contributed by atoms with Crippen molar-refractivity contribution in [3.63, 3.8) is 0 Å². The molecule has 3 aromatic carbocycles. The molecule has 4 aromatic rings. The van der Waals surface area contributed by atoms with E-state index in [1.165, 1.54) is 0 Å². The lowest BCUT2D eigenvalue weighted by Gasteiger charge is -2.21. The topological polar surface area (TPSA) is 20.3 Å². The normalized spacial score (nSPS) is 10.6. The van der Waals surface area contributed by atoms with E-state index in [9.17, 15) is 4.79 Å². The van der Waals surface area contributed by atoms with Gasteiger partial charge in [-0.1, -0.05) is 72.3 Å². The van der Waals surface area contributed by atoms with Crippen LogP contribution in [0.2, 0.25) is 5.02 Å². The Balaban J connectivity index is 1.69. The third kappa shape index (κ3) is 4.16. The van der Waals surface area contributed by atoms with Gasteiger partial charge in [-0.25, -0.2) is 0 Å². The van der Waals surface area contributed by atoms with E-state index in [1.54, 1.807) is 11.3 Å². The van der Waals surface area contributed by atoms with E-state index in [2.05, 4.69) is 18.2 Å². The highest BCUT2D eigenvalue weighted by Gasteiger charge is 2.20. The summed E-state index contributed by atoms with van der Waals surface area (Å²) in [5.41, 5.74) is 2.85. The first-order valence-electron chi connectivity index (χ1n) is 8.97. The lowest BCUT2D eigenvalue weighted by atomic mass is 10.1. The molecule has 0 aliphatic carbocycles. The van der Waals surface area contributed by atoms with E-state index in [4.69, 9.17) is 11.6 Å². The summed E-state index contributed by atoms with van der Waals surface area (Å²) in [5.74, 6) is -0.0167. The summed E-state index contributed by atoms with van der Waals surface area (Å²) in [6.07, 6.45) is 0. The molecule has 0 N–H and O–H groups in total. The van der Waals surface area contributed by atoms with Crippen LogP contribution in [0.25, 0.3) is 10.4 Å². The Morgan fingerprint density at radius 1 is 0.786 bits per heavy atom. The summed E-state index contributed by atoms with van der Waals surface area (Å²) in [5, 5.41) is 1.61. The molecule has 4 heteroatoms. The van der Waals surface area contributed by atoms with Crippen molar-refractivity contribution >= 4 is 33.8 Å². The molecule has 0 radical (unpaired) electrons. The van der Waals surface area contributed by atoms with Crippen molar-refractivity contribution in [2.75, 3.05) is 4.90 Å². The van der Waals surface area contributed by atoms with Crippen molar-refractivity contribution in [1.29, 1.82) is 0 Å². The first-order valence-corrected chi connectivity index (χ1v) is 10.2. The van der Waals surface area contributed by atoms with Crippen LogP contribution in [-0.4, -0.2) is 5.91 Å². The minimum Gasteiger partial charge on any atom is -0.295 e. The summed E-state index contributed by atoms with van der Waals surface area (Å²) < 4.78 is 0. The van der Waals surface area contributed by atoms with Gasteiger partial charge >= 0.3 is 0 Å². The molecular formula is C24H18ClNOS. The number of hydrogen-bond acceptors (Lipinski definition) is 2. The summed E-state index contributed by atoms with van der Waals surface area (Å²) >= 11 is 7.63. The molecule has 0 spiro atoms. The third-order valence-electron chi connectivity index (χ3n) is 4.44. The van der Waals surface area contributed by atoms with Crippen molar-refractivity contribution < 1.29 is 4.79 Å². The van der Waals surface area contributed by atoms with Crippen LogP contribution in [0, 0.1) is 0 Å². The molecule has 0 aliphatic rings. The Morgan fingerprint density at radius 3 is 2.11 bits per heavy atom. The smallest absolute Gasteiger partial charge is 0.259 e. The van der Waals surface area contributed by atoms with E-state index in [-0.39, 0.29) is 5.91 Å². The van der Waals surface area contributed by atoms with Crippen LogP contribution in [0.3, 0.4) is 0 Å². The standard InChI is InChI=1S/C24H18ClNOS/c25-21-13-11-18(12-14-21)17-26(24(27)20-9-5-2-6-10-20)23-16-15-22(28-23)19-7-3-1-4-8-19/h1-16H,17H2. The van der Waals surface area contributed by atoms with E-state index >= 15 is 0 Å². The van der Waals surface area contributed by atoms with Crippen molar-refractivity contribution in [2.45, 2.75) is 6.54 Å². The second-order valence-electron chi connectivity index (χ2n) is 6.39. The largest absolute Gasteiger partial charge is 0.295 e. The number of anilines is 1. The SMILES string of the molecule is O=C(c1ccccc1)N(Cc1ccc(Cl)cc1)c1ccc(-c2ccccc2)s1. The Hall–Kier alpha value is -2.88. The lowest BCUT2D eigenvalue weighted by molar-refractivity contribution is 0.0986. The van der Waals surface area contributed by atoms with E-state index in [1.807, 2.05) is 83.8 Å². The number of hydrogen-bond donors (Lipinski definition) is 0. The fourth-order valence-corrected chi connectivity index (χ4v) is 4.12. The highest BCUT2D eigenvalue weighted by molar-refractivity contribution is 7.19. The third-order valence-corrected chi connectivity index (χ3v) is 5.85. The Kier molecular flexibility index (Phi) is 5.56. The maximum atomic E-state index is 13.3. The number of thiophene rings is 1. The fraction of sp³-hybridized carbons (Fsp3) is 0.0417. The molecule has 4 rings (SSSR count). The molecule has 0 saturated carbocycles. The minimum atomic E-state index is -0.0167. The lowest BCUT2D eigenvalue weighted by Crippen LogP contribution is -2.29. The quantitative estimate of drug-likeness (QED) is 0.354. The van der Waals surface area contributed by atoms with Crippen molar-refractivity contribution in [2.24, 2.45) is 0 Å². The molecule has 0 atom stereocenters. The van der Waals surface area contributed by atoms with Crippen molar-refractivity contribution in [3.8, 4) is 10.4 Å². The summed E-state index contributed by atoms with van der Waals surface area (Å²) in [6.45, 7) is 0.486. The van der Waals surface area contributed by atoms with Gasteiger partial charge in [-0.15, -0.1) is 11.3 Å². The van der Waals surface area contributed by atoms with Crippen LogP contribution >= 0.6 is 22.9 Å². The van der Waals surface area contributed by atoms with E-state index in [0.717, 1.165) is 21.0 Å². The van der Waals surface area contributed by atoms with E-state index in [0.29, 0.717) is 17.1 Å². The zero-order chi connectivity index (χ0) is 19.3. The maximum absolute atomic E-state index is 13.3. The molecule has 28 heavy (non-hydrogen) atoms. The Labute approximate surface area is 173 Å². The van der Waals surface area contributed by atoms with Crippen LogP contribution in [0.1, 0.15) is 15.9 Å². The molecule has 0 aliphatic heterocycles. The molecule has 1 amide bonds. The highest BCUT2D eigenvalue weighted by Crippen LogP contribution is 2.35. The number of carbonyl (C=O) groups excluding carboxylic acids is 1. The van der Waals surface area contributed by atoms with Crippen molar-refractivity contribution in [3.05, 3.63) is 113 Å². The van der Waals surface area contributed by atoms with Crippen LogP contribution in [0.4, 0.5) is 5.00 Å². The number of rotatable bonds is 5. The second kappa shape index (κ2) is 8.42. The average molecular weight is 404 g/mol. The van der Waals surface area contributed by atoms with Crippen LogP contribution < -0.4 is 4.90 Å². The number of carbonyl (C=O) groups is 1. The number of nitrogens with zero attached hydrogens (tertiary/aromatic N) is 1. The predicted molar refractivity (Wildman–Crippen MR) is 118 cm³/mol. The first kappa shape index (κ1) is 18.5. The van der Waals surface area contributed by atoms with Gasteiger partial charge in [0.05, 0.1) is 11.5 Å². The van der Waals surface area contributed by atoms with Gasteiger partial charge in [0, 0.05) is 15.5 Å². The molecule has 0 fully saturated rings. The monoisotopic (exact) mass is 403 g/mol. The van der Waals surface area contributed by atoms with Crippen LogP contribution in [0.15, 0.2) is 97.1 Å². The van der Waals surface area contributed by atoms with Gasteiger partial charge in [0.2, 0.25) is 0 Å². The fourth-order valence-electron chi connectivity index (χ4n) is 2.99. The van der Waals surface area contributed by atoms with Gasteiger partial charge < -0.3 is 0 Å². The minimum absolute atomic E-state index is 0.0167.